The number of urea groups is 1. The van der Waals surface area contributed by atoms with Crippen molar-refractivity contribution in [3.63, 3.8) is 0 Å². The minimum absolute atomic E-state index is 0.00227. The van der Waals surface area contributed by atoms with Gasteiger partial charge in [-0.2, -0.15) is 0 Å². The van der Waals surface area contributed by atoms with E-state index < -0.39 is 30.4 Å². The molecule has 2 rings (SSSR count). The molecule has 0 radical (unpaired) electrons. The minimum atomic E-state index is -1.29. The molecule has 1 saturated heterocycles. The lowest BCUT2D eigenvalue weighted by Crippen LogP contribution is -2.38. The molecule has 1 aromatic heterocycles. The molecule has 21 heavy (non-hydrogen) atoms. The zero-order chi connectivity index (χ0) is 15.6. The number of aromatic nitrogens is 1. The summed E-state index contributed by atoms with van der Waals surface area (Å²) in [5, 5.41) is 11.3. The van der Waals surface area contributed by atoms with Crippen LogP contribution in [0, 0.1) is 0 Å². The molecule has 0 unspecified atom stereocenters. The molecule has 2 N–H and O–H groups in total. The highest BCUT2D eigenvalue weighted by molar-refractivity contribution is 6.07. The molecule has 0 spiro atoms. The molecule has 1 aromatic rings. The van der Waals surface area contributed by atoms with E-state index in [2.05, 4.69) is 10.3 Å². The maximum absolute atomic E-state index is 11.8. The quantitative estimate of drug-likeness (QED) is 0.729. The van der Waals surface area contributed by atoms with Crippen molar-refractivity contribution in [1.29, 1.82) is 0 Å². The second-order valence-corrected chi connectivity index (χ2v) is 4.37. The van der Waals surface area contributed by atoms with E-state index in [1.807, 2.05) is 0 Å². The number of amides is 4. The first kappa shape index (κ1) is 14.4. The first-order valence-corrected chi connectivity index (χ1v) is 5.93. The van der Waals surface area contributed by atoms with Crippen molar-refractivity contribution in [3.8, 4) is 0 Å². The van der Waals surface area contributed by atoms with Gasteiger partial charge in [0, 0.05) is 13.2 Å². The fraction of sp³-hybridized carbons (Fsp3) is 0.250. The molecule has 1 fully saturated rings. The highest BCUT2D eigenvalue weighted by atomic mass is 16.4. The zero-order valence-electron chi connectivity index (χ0n) is 11.1. The molecule has 0 atom stereocenters. The molecule has 110 valence electrons. The van der Waals surface area contributed by atoms with E-state index in [1.165, 1.54) is 30.3 Å². The number of aromatic carboxylic acids is 1. The Hall–Kier alpha value is -2.97. The van der Waals surface area contributed by atoms with Crippen LogP contribution in [0.25, 0.3) is 0 Å². The summed E-state index contributed by atoms with van der Waals surface area (Å²) in [6, 6.07) is 2.26. The smallest absolute Gasteiger partial charge is 0.356 e. The van der Waals surface area contributed by atoms with Gasteiger partial charge in [-0.05, 0) is 12.1 Å². The molecular weight excluding hydrogens is 280 g/mol. The molecule has 0 saturated carbocycles. The summed E-state index contributed by atoms with van der Waals surface area (Å²) >= 11 is 0. The van der Waals surface area contributed by atoms with Gasteiger partial charge in [0.15, 0.2) is 5.69 Å². The van der Waals surface area contributed by atoms with Crippen molar-refractivity contribution in [2.24, 2.45) is 0 Å². The number of rotatable bonds is 4. The number of carbonyl (C=O) groups excluding carboxylic acids is 3. The number of likely N-dealkylation sites (N-methyl/N-ethyl adjacent to an activating group) is 1. The van der Waals surface area contributed by atoms with E-state index in [1.54, 1.807) is 0 Å². The van der Waals surface area contributed by atoms with Crippen LogP contribution in [0.2, 0.25) is 0 Å². The lowest BCUT2D eigenvalue weighted by atomic mass is 10.3. The summed E-state index contributed by atoms with van der Waals surface area (Å²) in [7, 11) is 1.45. The third-order valence-corrected chi connectivity index (χ3v) is 2.82. The van der Waals surface area contributed by atoms with Crippen LogP contribution in [0.4, 0.5) is 10.5 Å². The van der Waals surface area contributed by atoms with Gasteiger partial charge >= 0.3 is 12.0 Å². The SMILES string of the molecule is CN1CC(=O)N(CC(=O)Nc2cccnc2C(=O)O)C1=O. The molecule has 9 nitrogen and oxygen atoms in total. The van der Waals surface area contributed by atoms with Crippen molar-refractivity contribution < 1.29 is 24.3 Å². The number of anilines is 1. The standard InChI is InChI=1S/C12H12N4O5/c1-15-6-9(18)16(12(15)21)5-8(17)14-7-3-2-4-13-10(7)11(19)20/h2-4H,5-6H2,1H3,(H,14,17)(H,19,20). The zero-order valence-corrected chi connectivity index (χ0v) is 11.1. The van der Waals surface area contributed by atoms with Crippen LogP contribution in [-0.4, -0.2) is 63.8 Å². The van der Waals surface area contributed by atoms with Crippen LogP contribution in [0.3, 0.4) is 0 Å². The Morgan fingerprint density at radius 2 is 2.14 bits per heavy atom. The van der Waals surface area contributed by atoms with E-state index in [-0.39, 0.29) is 17.9 Å². The Morgan fingerprint density at radius 1 is 1.43 bits per heavy atom. The predicted octanol–water partition coefficient (Wildman–Crippen LogP) is -0.388. The number of carbonyl (C=O) groups is 4. The van der Waals surface area contributed by atoms with Crippen LogP contribution < -0.4 is 5.32 Å². The van der Waals surface area contributed by atoms with Crippen LogP contribution in [-0.2, 0) is 9.59 Å². The third kappa shape index (κ3) is 2.96. The lowest BCUT2D eigenvalue weighted by Gasteiger charge is -2.14. The first-order valence-electron chi connectivity index (χ1n) is 5.93. The van der Waals surface area contributed by atoms with Gasteiger partial charge in [0.25, 0.3) is 5.91 Å². The number of pyridine rings is 1. The number of carboxylic acid groups (broad SMARTS) is 1. The minimum Gasteiger partial charge on any atom is -0.476 e. The van der Waals surface area contributed by atoms with E-state index in [0.717, 1.165) is 4.90 Å². The summed E-state index contributed by atoms with van der Waals surface area (Å²) in [6.45, 7) is -0.560. The molecule has 0 aromatic carbocycles. The third-order valence-electron chi connectivity index (χ3n) is 2.82. The van der Waals surface area contributed by atoms with E-state index in [0.29, 0.717) is 0 Å². The average Bonchev–Trinajstić information content (AvgIpc) is 2.66. The molecule has 4 amide bonds. The largest absolute Gasteiger partial charge is 0.476 e. The Morgan fingerprint density at radius 3 is 2.71 bits per heavy atom. The summed E-state index contributed by atoms with van der Waals surface area (Å²) in [5.41, 5.74) is -0.315. The summed E-state index contributed by atoms with van der Waals surface area (Å²) in [5.74, 6) is -2.45. The van der Waals surface area contributed by atoms with Crippen LogP contribution in [0.15, 0.2) is 18.3 Å². The molecule has 9 heteroatoms. The van der Waals surface area contributed by atoms with Crippen molar-refractivity contribution >= 4 is 29.5 Å². The second-order valence-electron chi connectivity index (χ2n) is 4.37. The Kier molecular flexibility index (Phi) is 3.83. The fourth-order valence-corrected chi connectivity index (χ4v) is 1.83. The molecule has 1 aliphatic heterocycles. The fourth-order valence-electron chi connectivity index (χ4n) is 1.83. The van der Waals surface area contributed by atoms with Gasteiger partial charge in [-0.15, -0.1) is 0 Å². The Bertz CT molecular complexity index is 630. The van der Waals surface area contributed by atoms with Gasteiger partial charge in [0.1, 0.15) is 13.1 Å². The number of imide groups is 1. The highest BCUT2D eigenvalue weighted by Gasteiger charge is 2.34. The highest BCUT2D eigenvalue weighted by Crippen LogP contribution is 2.13. The normalized spacial score (nSPS) is 14.5. The van der Waals surface area contributed by atoms with Crippen LogP contribution in [0.5, 0.6) is 0 Å². The van der Waals surface area contributed by atoms with Crippen LogP contribution in [0.1, 0.15) is 10.5 Å². The van der Waals surface area contributed by atoms with Gasteiger partial charge in [0.2, 0.25) is 5.91 Å². The average molecular weight is 292 g/mol. The maximum Gasteiger partial charge on any atom is 0.356 e. The number of hydrogen-bond donors (Lipinski definition) is 2. The molecule has 2 heterocycles. The monoisotopic (exact) mass is 292 g/mol. The van der Waals surface area contributed by atoms with Crippen molar-refractivity contribution in [1.82, 2.24) is 14.8 Å². The summed E-state index contributed by atoms with van der Waals surface area (Å²) in [6.07, 6.45) is 1.28. The topological polar surface area (TPSA) is 120 Å². The van der Waals surface area contributed by atoms with Crippen molar-refractivity contribution in [3.05, 3.63) is 24.0 Å². The molecule has 0 bridgehead atoms. The molecule has 0 aliphatic carbocycles. The summed E-state index contributed by atoms with van der Waals surface area (Å²) < 4.78 is 0. The van der Waals surface area contributed by atoms with Gasteiger partial charge in [-0.3, -0.25) is 14.5 Å². The molecule has 1 aliphatic rings. The van der Waals surface area contributed by atoms with Gasteiger partial charge < -0.3 is 15.3 Å². The van der Waals surface area contributed by atoms with E-state index >= 15 is 0 Å². The van der Waals surface area contributed by atoms with Gasteiger partial charge in [-0.25, -0.2) is 14.6 Å². The first-order chi connectivity index (χ1) is 9.90. The van der Waals surface area contributed by atoms with E-state index in [9.17, 15) is 19.2 Å². The van der Waals surface area contributed by atoms with Crippen molar-refractivity contribution in [2.45, 2.75) is 0 Å². The number of nitrogens with one attached hydrogen (secondary N) is 1. The molecular formula is C12H12N4O5. The lowest BCUT2D eigenvalue weighted by molar-refractivity contribution is -0.129. The van der Waals surface area contributed by atoms with Gasteiger partial charge in [-0.1, -0.05) is 0 Å². The van der Waals surface area contributed by atoms with Gasteiger partial charge in [0.05, 0.1) is 5.69 Å². The number of hydrogen-bond acceptors (Lipinski definition) is 5. The number of nitrogens with zero attached hydrogens (tertiary/aromatic N) is 3. The predicted molar refractivity (Wildman–Crippen MR) is 69.6 cm³/mol. The van der Waals surface area contributed by atoms with Crippen molar-refractivity contribution in [2.75, 3.05) is 25.5 Å². The van der Waals surface area contributed by atoms with Crippen LogP contribution >= 0.6 is 0 Å². The van der Waals surface area contributed by atoms with E-state index in [4.69, 9.17) is 5.11 Å². The maximum atomic E-state index is 11.8. The number of carboxylic acids is 1. The second kappa shape index (κ2) is 5.57. The summed E-state index contributed by atoms with van der Waals surface area (Å²) in [4.78, 5) is 51.6. The Labute approximate surface area is 119 Å². The Balaban J connectivity index is 2.08.